The fourth-order valence-electron chi connectivity index (χ4n) is 4.47. The van der Waals surface area contributed by atoms with Crippen LogP contribution in [-0.4, -0.2) is 46.0 Å². The Hall–Kier alpha value is -2.89. The molecule has 2 aromatic rings. The third kappa shape index (κ3) is 4.58. The third-order valence-electron chi connectivity index (χ3n) is 5.95. The second kappa shape index (κ2) is 8.64. The number of nitrogens with zero attached hydrogens (tertiary/aromatic N) is 2. The average molecular weight is 393 g/mol. The normalized spacial score (nSPS) is 21.0. The third-order valence-corrected chi connectivity index (χ3v) is 5.95. The number of amides is 1. The molecule has 2 N–H and O–H groups in total. The van der Waals surface area contributed by atoms with E-state index in [4.69, 9.17) is 4.98 Å². The summed E-state index contributed by atoms with van der Waals surface area (Å²) in [6, 6.07) is 14.1. The van der Waals surface area contributed by atoms with Gasteiger partial charge in [-0.15, -0.1) is 0 Å². The fourth-order valence-corrected chi connectivity index (χ4v) is 4.47. The van der Waals surface area contributed by atoms with Crippen LogP contribution in [0.4, 0.5) is 5.82 Å². The van der Waals surface area contributed by atoms with Crippen molar-refractivity contribution in [2.45, 2.75) is 44.6 Å². The van der Waals surface area contributed by atoms with E-state index in [9.17, 15) is 14.7 Å². The molecule has 1 aromatic heterocycles. The van der Waals surface area contributed by atoms with Crippen LogP contribution >= 0.6 is 0 Å². The van der Waals surface area contributed by atoms with Gasteiger partial charge in [0.1, 0.15) is 12.4 Å². The van der Waals surface area contributed by atoms with Crippen molar-refractivity contribution >= 4 is 17.7 Å². The van der Waals surface area contributed by atoms with Gasteiger partial charge in [0.25, 0.3) is 0 Å². The van der Waals surface area contributed by atoms with E-state index in [1.807, 2.05) is 30.3 Å². The summed E-state index contributed by atoms with van der Waals surface area (Å²) in [6.45, 7) is 0.726. The monoisotopic (exact) mass is 393 g/mol. The molecule has 1 aromatic carbocycles. The lowest BCUT2D eigenvalue weighted by Gasteiger charge is -2.23. The number of aliphatic carboxylic acids is 1. The van der Waals surface area contributed by atoms with Crippen LogP contribution < -0.4 is 5.32 Å². The maximum absolute atomic E-state index is 12.9. The van der Waals surface area contributed by atoms with Crippen molar-refractivity contribution in [3.8, 4) is 0 Å². The molecular formula is C23H27N3O3. The van der Waals surface area contributed by atoms with Crippen LogP contribution in [0.2, 0.25) is 0 Å². The Morgan fingerprint density at radius 3 is 2.83 bits per heavy atom. The van der Waals surface area contributed by atoms with Crippen LogP contribution in [-0.2, 0) is 28.9 Å². The van der Waals surface area contributed by atoms with Crippen molar-refractivity contribution in [1.29, 1.82) is 0 Å². The highest BCUT2D eigenvalue weighted by molar-refractivity contribution is 5.85. The Morgan fingerprint density at radius 1 is 1.21 bits per heavy atom. The van der Waals surface area contributed by atoms with Crippen LogP contribution in [0, 0.1) is 5.92 Å². The van der Waals surface area contributed by atoms with Crippen LogP contribution in [0.15, 0.2) is 42.5 Å². The molecule has 0 aliphatic carbocycles. The molecule has 2 unspecified atom stereocenters. The van der Waals surface area contributed by atoms with Gasteiger partial charge in [-0.3, -0.25) is 9.59 Å². The summed E-state index contributed by atoms with van der Waals surface area (Å²) in [4.78, 5) is 30.5. The zero-order valence-electron chi connectivity index (χ0n) is 16.5. The first-order chi connectivity index (χ1) is 14.1. The number of anilines is 1. The van der Waals surface area contributed by atoms with Crippen LogP contribution in [0.5, 0.6) is 0 Å². The van der Waals surface area contributed by atoms with E-state index in [2.05, 4.69) is 17.4 Å². The number of rotatable bonds is 7. The maximum Gasteiger partial charge on any atom is 0.323 e. The van der Waals surface area contributed by atoms with Gasteiger partial charge < -0.3 is 15.3 Å². The molecule has 0 bridgehead atoms. The molecule has 0 spiro atoms. The van der Waals surface area contributed by atoms with Crippen molar-refractivity contribution in [2.75, 3.05) is 18.4 Å². The van der Waals surface area contributed by atoms with Crippen molar-refractivity contribution < 1.29 is 14.7 Å². The highest BCUT2D eigenvalue weighted by Gasteiger charge is 2.39. The molecule has 4 rings (SSSR count). The predicted molar refractivity (Wildman–Crippen MR) is 111 cm³/mol. The number of nitrogens with one attached hydrogen (secondary N) is 1. The molecule has 6 nitrogen and oxygen atoms in total. The minimum Gasteiger partial charge on any atom is -0.480 e. The Balaban J connectivity index is 1.43. The lowest BCUT2D eigenvalue weighted by atomic mass is 9.95. The molecule has 1 amide bonds. The van der Waals surface area contributed by atoms with Gasteiger partial charge in [0, 0.05) is 24.2 Å². The Bertz CT molecular complexity index is 884. The van der Waals surface area contributed by atoms with Gasteiger partial charge in [-0.2, -0.15) is 0 Å². The second-order valence-electron chi connectivity index (χ2n) is 8.02. The molecule has 2 atom stereocenters. The first kappa shape index (κ1) is 19.4. The fraction of sp³-hybridized carbons (Fsp3) is 0.435. The predicted octanol–water partition coefficient (Wildman–Crippen LogP) is 2.92. The number of carboxylic acids is 1. The number of pyridine rings is 1. The van der Waals surface area contributed by atoms with Crippen molar-refractivity contribution in [1.82, 2.24) is 9.88 Å². The van der Waals surface area contributed by atoms with E-state index < -0.39 is 5.97 Å². The van der Waals surface area contributed by atoms with Crippen LogP contribution in [0.3, 0.4) is 0 Å². The molecular weight excluding hydrogens is 366 g/mol. The largest absolute Gasteiger partial charge is 0.480 e. The number of fused-ring (bicyclic) bond motifs is 1. The van der Waals surface area contributed by atoms with E-state index in [1.165, 1.54) is 5.56 Å². The Labute approximate surface area is 171 Å². The first-order valence-corrected chi connectivity index (χ1v) is 10.4. The van der Waals surface area contributed by atoms with Crippen LogP contribution in [0.25, 0.3) is 0 Å². The molecule has 1 saturated heterocycles. The number of likely N-dealkylation sites (tertiary alicyclic amines) is 1. The number of aromatic nitrogens is 1. The number of carbonyl (C=O) groups is 2. The molecule has 6 heteroatoms. The zero-order valence-corrected chi connectivity index (χ0v) is 16.5. The smallest absolute Gasteiger partial charge is 0.323 e. The Kier molecular flexibility index (Phi) is 5.79. The molecule has 1 fully saturated rings. The summed E-state index contributed by atoms with van der Waals surface area (Å²) >= 11 is 0. The van der Waals surface area contributed by atoms with E-state index in [0.29, 0.717) is 19.3 Å². The van der Waals surface area contributed by atoms with Gasteiger partial charge in [0.2, 0.25) is 5.91 Å². The number of hydrogen-bond donors (Lipinski definition) is 2. The lowest BCUT2D eigenvalue weighted by Crippen LogP contribution is -2.39. The van der Waals surface area contributed by atoms with Crippen molar-refractivity contribution in [2.24, 2.45) is 5.92 Å². The SMILES string of the molecule is O=C(O)CN1C(=O)C(CCc2ccc3c(n2)NCCC3)CC1Cc1ccccc1. The van der Waals surface area contributed by atoms with Gasteiger partial charge in [0.15, 0.2) is 0 Å². The number of aryl methyl sites for hydroxylation is 2. The highest BCUT2D eigenvalue weighted by atomic mass is 16.4. The minimum absolute atomic E-state index is 0.0376. The van der Waals surface area contributed by atoms with Gasteiger partial charge in [-0.1, -0.05) is 36.4 Å². The van der Waals surface area contributed by atoms with E-state index in [0.717, 1.165) is 42.9 Å². The quantitative estimate of drug-likeness (QED) is 0.756. The zero-order chi connectivity index (χ0) is 20.2. The topological polar surface area (TPSA) is 82.5 Å². The van der Waals surface area contributed by atoms with Crippen molar-refractivity contribution in [3.05, 3.63) is 59.3 Å². The van der Waals surface area contributed by atoms with Gasteiger partial charge >= 0.3 is 5.97 Å². The summed E-state index contributed by atoms with van der Waals surface area (Å²) in [5.41, 5.74) is 3.37. The molecule has 2 aliphatic rings. The van der Waals surface area contributed by atoms with E-state index >= 15 is 0 Å². The van der Waals surface area contributed by atoms with E-state index in [-0.39, 0.29) is 24.4 Å². The number of carbonyl (C=O) groups excluding carboxylic acids is 1. The molecule has 3 heterocycles. The summed E-state index contributed by atoms with van der Waals surface area (Å²) in [5.74, 6) is -0.168. The standard InChI is InChI=1S/C23H27N3O3/c27-21(28)15-26-20(13-16-5-2-1-3-6-16)14-18(23(26)29)9-11-19-10-8-17-7-4-12-24-22(17)25-19/h1-3,5-6,8,10,18,20H,4,7,9,11-15H2,(H,24,25)(H,27,28). The van der Waals surface area contributed by atoms with Gasteiger partial charge in [-0.25, -0.2) is 4.98 Å². The van der Waals surface area contributed by atoms with Gasteiger partial charge in [0.05, 0.1) is 0 Å². The minimum atomic E-state index is -0.959. The first-order valence-electron chi connectivity index (χ1n) is 10.4. The molecule has 0 saturated carbocycles. The molecule has 2 aliphatic heterocycles. The highest BCUT2D eigenvalue weighted by Crippen LogP contribution is 2.31. The number of benzene rings is 1. The lowest BCUT2D eigenvalue weighted by molar-refractivity contribution is -0.144. The molecule has 152 valence electrons. The van der Waals surface area contributed by atoms with Crippen molar-refractivity contribution in [3.63, 3.8) is 0 Å². The summed E-state index contributed by atoms with van der Waals surface area (Å²) in [7, 11) is 0. The van der Waals surface area contributed by atoms with Gasteiger partial charge in [-0.05, 0) is 55.7 Å². The number of carboxylic acid groups (broad SMARTS) is 1. The summed E-state index contributed by atoms with van der Waals surface area (Å²) < 4.78 is 0. The molecule has 29 heavy (non-hydrogen) atoms. The average Bonchev–Trinajstić information content (AvgIpc) is 3.01. The van der Waals surface area contributed by atoms with Crippen LogP contribution in [0.1, 0.15) is 36.1 Å². The summed E-state index contributed by atoms with van der Waals surface area (Å²) in [5, 5.41) is 12.6. The second-order valence-corrected chi connectivity index (χ2v) is 8.02. The molecule has 0 radical (unpaired) electrons. The van der Waals surface area contributed by atoms with E-state index in [1.54, 1.807) is 4.90 Å². The maximum atomic E-state index is 12.9. The number of hydrogen-bond acceptors (Lipinski definition) is 4. The Morgan fingerprint density at radius 2 is 2.03 bits per heavy atom. The summed E-state index contributed by atoms with van der Waals surface area (Å²) in [6.07, 6.45) is 5.01.